The summed E-state index contributed by atoms with van der Waals surface area (Å²) in [4.78, 5) is 32.8. The number of carboxylic acid groups (broad SMARTS) is 1. The van der Waals surface area contributed by atoms with Crippen LogP contribution in [0.5, 0.6) is 0 Å². The molecule has 0 aromatic heterocycles. The maximum Gasteiger partial charge on any atom is 0.319 e. The third-order valence-corrected chi connectivity index (χ3v) is 2.53. The molecule has 0 saturated carbocycles. The van der Waals surface area contributed by atoms with Crippen LogP contribution in [0.15, 0.2) is 24.3 Å². The van der Waals surface area contributed by atoms with E-state index in [1.165, 1.54) is 7.05 Å². The number of rotatable bonds is 6. The number of nitrogens with one attached hydrogen (secondary N) is 3. The first-order chi connectivity index (χ1) is 9.51. The van der Waals surface area contributed by atoms with Gasteiger partial charge in [0, 0.05) is 19.2 Å². The molecular formula is C13H17N3O4. The molecule has 0 aliphatic rings. The summed E-state index contributed by atoms with van der Waals surface area (Å²) in [6, 6.07) is 6.37. The number of aliphatic carboxylic acids is 1. The van der Waals surface area contributed by atoms with Gasteiger partial charge in [-0.1, -0.05) is 12.1 Å². The lowest BCUT2D eigenvalue weighted by molar-refractivity contribution is -0.137. The smallest absolute Gasteiger partial charge is 0.319 e. The molecule has 1 aromatic carbocycles. The first kappa shape index (κ1) is 15.5. The molecule has 4 N–H and O–H groups in total. The quantitative estimate of drug-likeness (QED) is 0.610. The molecule has 0 spiro atoms. The predicted octanol–water partition coefficient (Wildman–Crippen LogP) is 0.571. The summed E-state index contributed by atoms with van der Waals surface area (Å²) in [5, 5.41) is 15.9. The van der Waals surface area contributed by atoms with Crippen LogP contribution in [0.4, 0.5) is 10.5 Å². The SMILES string of the molecule is CNC(=O)CNC(=O)Nc1ccc(CCC(=O)O)cc1. The first-order valence-corrected chi connectivity index (χ1v) is 6.07. The predicted molar refractivity (Wildman–Crippen MR) is 73.5 cm³/mol. The molecule has 0 radical (unpaired) electrons. The fourth-order valence-electron chi connectivity index (χ4n) is 1.43. The van der Waals surface area contributed by atoms with Crippen LogP contribution in [0.3, 0.4) is 0 Å². The second-order valence-electron chi connectivity index (χ2n) is 4.07. The highest BCUT2D eigenvalue weighted by atomic mass is 16.4. The van der Waals surface area contributed by atoms with E-state index < -0.39 is 12.0 Å². The number of carboxylic acids is 1. The second kappa shape index (κ2) is 7.78. The number of urea groups is 1. The minimum absolute atomic E-state index is 0.0688. The third-order valence-electron chi connectivity index (χ3n) is 2.53. The molecule has 3 amide bonds. The van der Waals surface area contributed by atoms with E-state index in [0.29, 0.717) is 12.1 Å². The Hall–Kier alpha value is -2.57. The number of hydrogen-bond donors (Lipinski definition) is 4. The molecule has 20 heavy (non-hydrogen) atoms. The molecule has 0 fully saturated rings. The molecule has 7 heteroatoms. The Labute approximate surface area is 116 Å². The Bertz CT molecular complexity index is 485. The van der Waals surface area contributed by atoms with Crippen LogP contribution in [0.25, 0.3) is 0 Å². The zero-order valence-electron chi connectivity index (χ0n) is 11.1. The number of amides is 3. The van der Waals surface area contributed by atoms with E-state index in [2.05, 4.69) is 16.0 Å². The number of likely N-dealkylation sites (N-methyl/N-ethyl adjacent to an activating group) is 1. The summed E-state index contributed by atoms with van der Waals surface area (Å²) in [6.07, 6.45) is 0.512. The molecule has 0 aliphatic carbocycles. The molecule has 1 rings (SSSR count). The van der Waals surface area contributed by atoms with Crippen LogP contribution in [-0.2, 0) is 16.0 Å². The fourth-order valence-corrected chi connectivity index (χ4v) is 1.43. The van der Waals surface area contributed by atoms with Gasteiger partial charge in [-0.2, -0.15) is 0 Å². The van der Waals surface area contributed by atoms with Crippen molar-refractivity contribution in [1.82, 2.24) is 10.6 Å². The van der Waals surface area contributed by atoms with E-state index in [9.17, 15) is 14.4 Å². The van der Waals surface area contributed by atoms with Crippen molar-refractivity contribution in [3.63, 3.8) is 0 Å². The van der Waals surface area contributed by atoms with Crippen molar-refractivity contribution in [2.45, 2.75) is 12.8 Å². The second-order valence-corrected chi connectivity index (χ2v) is 4.07. The van der Waals surface area contributed by atoms with Gasteiger partial charge in [-0.3, -0.25) is 9.59 Å². The van der Waals surface area contributed by atoms with Gasteiger partial charge in [-0.05, 0) is 24.1 Å². The van der Waals surface area contributed by atoms with Gasteiger partial charge in [0.05, 0.1) is 6.54 Å². The van der Waals surface area contributed by atoms with Gasteiger partial charge < -0.3 is 21.1 Å². The monoisotopic (exact) mass is 279 g/mol. The lowest BCUT2D eigenvalue weighted by Crippen LogP contribution is -2.37. The Morgan fingerprint density at radius 3 is 2.35 bits per heavy atom. The fraction of sp³-hybridized carbons (Fsp3) is 0.308. The molecule has 0 bridgehead atoms. The van der Waals surface area contributed by atoms with Gasteiger partial charge in [0.25, 0.3) is 0 Å². The standard InChI is InChI=1S/C13H17N3O4/c1-14-11(17)8-15-13(20)16-10-5-2-9(3-6-10)4-7-12(18)19/h2-3,5-6H,4,7-8H2,1H3,(H,14,17)(H,18,19)(H2,15,16,20). The largest absolute Gasteiger partial charge is 0.481 e. The Balaban J connectivity index is 2.42. The van der Waals surface area contributed by atoms with Crippen molar-refractivity contribution in [3.05, 3.63) is 29.8 Å². The molecule has 0 atom stereocenters. The molecule has 0 heterocycles. The Morgan fingerprint density at radius 1 is 1.15 bits per heavy atom. The Morgan fingerprint density at radius 2 is 1.80 bits per heavy atom. The zero-order valence-corrected chi connectivity index (χ0v) is 11.1. The van der Waals surface area contributed by atoms with E-state index in [-0.39, 0.29) is 18.9 Å². The van der Waals surface area contributed by atoms with E-state index in [0.717, 1.165) is 5.56 Å². The minimum atomic E-state index is -0.846. The number of hydrogen-bond acceptors (Lipinski definition) is 3. The average molecular weight is 279 g/mol. The minimum Gasteiger partial charge on any atom is -0.481 e. The molecule has 7 nitrogen and oxygen atoms in total. The first-order valence-electron chi connectivity index (χ1n) is 6.07. The lowest BCUT2D eigenvalue weighted by atomic mass is 10.1. The van der Waals surface area contributed by atoms with Gasteiger partial charge in [-0.25, -0.2) is 4.79 Å². The van der Waals surface area contributed by atoms with Gasteiger partial charge in [0.15, 0.2) is 0 Å². The summed E-state index contributed by atoms with van der Waals surface area (Å²) in [5.41, 5.74) is 1.45. The van der Waals surface area contributed by atoms with E-state index >= 15 is 0 Å². The van der Waals surface area contributed by atoms with Gasteiger partial charge in [0.1, 0.15) is 0 Å². The van der Waals surface area contributed by atoms with Crippen molar-refractivity contribution in [2.75, 3.05) is 18.9 Å². The summed E-state index contributed by atoms with van der Waals surface area (Å²) in [5.74, 6) is -1.13. The average Bonchev–Trinajstić information content (AvgIpc) is 2.44. The van der Waals surface area contributed by atoms with Gasteiger partial charge in [-0.15, -0.1) is 0 Å². The topological polar surface area (TPSA) is 108 Å². The van der Waals surface area contributed by atoms with Crippen molar-refractivity contribution >= 4 is 23.6 Å². The molecule has 0 saturated heterocycles. The van der Waals surface area contributed by atoms with Crippen molar-refractivity contribution in [2.24, 2.45) is 0 Å². The number of anilines is 1. The maximum absolute atomic E-state index is 11.5. The molecule has 108 valence electrons. The highest BCUT2D eigenvalue weighted by Crippen LogP contribution is 2.10. The molecule has 0 unspecified atom stereocenters. The maximum atomic E-state index is 11.5. The van der Waals surface area contributed by atoms with Crippen molar-refractivity contribution in [1.29, 1.82) is 0 Å². The van der Waals surface area contributed by atoms with Crippen LogP contribution in [0, 0.1) is 0 Å². The van der Waals surface area contributed by atoms with Crippen molar-refractivity contribution in [3.8, 4) is 0 Å². The van der Waals surface area contributed by atoms with E-state index in [1.807, 2.05) is 0 Å². The molecular weight excluding hydrogens is 262 g/mol. The van der Waals surface area contributed by atoms with Crippen LogP contribution in [0.1, 0.15) is 12.0 Å². The highest BCUT2D eigenvalue weighted by molar-refractivity contribution is 5.92. The third kappa shape index (κ3) is 5.85. The van der Waals surface area contributed by atoms with Gasteiger partial charge in [0.2, 0.25) is 5.91 Å². The lowest BCUT2D eigenvalue weighted by Gasteiger charge is -2.07. The van der Waals surface area contributed by atoms with E-state index in [1.54, 1.807) is 24.3 Å². The zero-order chi connectivity index (χ0) is 15.0. The highest BCUT2D eigenvalue weighted by Gasteiger charge is 2.04. The summed E-state index contributed by atoms with van der Waals surface area (Å²) < 4.78 is 0. The van der Waals surface area contributed by atoms with Crippen LogP contribution in [0.2, 0.25) is 0 Å². The number of benzene rings is 1. The van der Waals surface area contributed by atoms with E-state index in [4.69, 9.17) is 5.11 Å². The Kier molecular flexibility index (Phi) is 6.02. The van der Waals surface area contributed by atoms with Crippen LogP contribution >= 0.6 is 0 Å². The number of carbonyl (C=O) groups excluding carboxylic acids is 2. The van der Waals surface area contributed by atoms with Crippen LogP contribution in [-0.4, -0.2) is 36.6 Å². The molecule has 0 aliphatic heterocycles. The van der Waals surface area contributed by atoms with Crippen molar-refractivity contribution < 1.29 is 19.5 Å². The molecule has 1 aromatic rings. The summed E-state index contributed by atoms with van der Waals surface area (Å²) in [7, 11) is 1.48. The summed E-state index contributed by atoms with van der Waals surface area (Å²) in [6.45, 7) is -0.0982. The number of carbonyl (C=O) groups is 3. The summed E-state index contributed by atoms with van der Waals surface area (Å²) >= 11 is 0. The van der Waals surface area contributed by atoms with Crippen LogP contribution < -0.4 is 16.0 Å². The number of aryl methyl sites for hydroxylation is 1. The van der Waals surface area contributed by atoms with Gasteiger partial charge >= 0.3 is 12.0 Å². The normalized spacial score (nSPS) is 9.65.